The minimum Gasteiger partial charge on any atom is -0.649 e. The topological polar surface area (TPSA) is 117 Å². The van der Waals surface area contributed by atoms with Gasteiger partial charge >= 0.3 is 144 Å². The molecule has 0 saturated carbocycles. The van der Waals surface area contributed by atoms with Crippen LogP contribution < -0.4 is 10.4 Å². The van der Waals surface area contributed by atoms with Gasteiger partial charge in [-0.15, -0.1) is 12.1 Å². The number of unbranched alkanes of at least 4 members (excludes halogenated alkanes) is 1. The normalized spacial score (nSPS) is 10.4. The van der Waals surface area contributed by atoms with Gasteiger partial charge in [-0.25, -0.2) is 46.1 Å². The van der Waals surface area contributed by atoms with Crippen LogP contribution in [0.1, 0.15) is 81.0 Å². The molecule has 0 N–H and O–H groups in total. The molecular formula is C58H58Al3F7InIrN10O3S-. The van der Waals surface area contributed by atoms with Crippen molar-refractivity contribution in [2.75, 3.05) is 0 Å². The van der Waals surface area contributed by atoms with Crippen molar-refractivity contribution < 1.29 is 61.3 Å². The van der Waals surface area contributed by atoms with Crippen molar-refractivity contribution in [3.8, 4) is 45.7 Å². The molecule has 5 aromatic heterocycles. The molecule has 0 bridgehead atoms. The standard InChI is InChI=1S/C13H14F2N2O.C12H11F2N2.C12H14N2O.C11H10F2N2O.C10H9FN2S.3Al.In.Ir.4H/c1-2-3-4-10-5-6-17(16-10)13-11(15)7-9(14)8-12(13)18;1-2-3-10-6-7-16(15-10)12-5-4-9(13)8-11(12)14;1-3-10-7-8-14(13-10)12-9(2)5-4-6-11(12)15;1-2-8-3-4-15(14-8)11-9(13)5-7(12)6-10(11)16;11-7-8-5-6-13(12-8)9-3-1-2-4-10(9)14;;;;;;;;;/h5-8,18H,2-4H2,1H3;4,6-8H,2-3H2,1H3;4-8,15H,3H2,1-2H3;3-6,16H,2H2,1H3;1-6,14H,7H2;;;;;;;;;/q;-1;;;;4*+1;;;;;/p-4. The first-order valence-electron chi connectivity index (χ1n) is 26.1. The van der Waals surface area contributed by atoms with Gasteiger partial charge in [0.1, 0.15) is 41.2 Å². The number of hydrogen-bond acceptors (Lipinski definition) is 9. The van der Waals surface area contributed by atoms with Crippen LogP contribution in [0.15, 0.2) is 145 Å². The van der Waals surface area contributed by atoms with Crippen molar-refractivity contribution in [2.24, 2.45) is 0 Å². The molecule has 26 heteroatoms. The quantitative estimate of drug-likeness (QED) is 0.0499. The molecule has 0 unspecified atom stereocenters. The third-order valence-electron chi connectivity index (χ3n) is 12.1. The van der Waals surface area contributed by atoms with Crippen LogP contribution in [0, 0.1) is 47.9 Å². The zero-order valence-electron chi connectivity index (χ0n) is 46.8. The maximum atomic E-state index is 13.9. The number of aryl methyl sites for hydroxylation is 5. The molecule has 0 aliphatic heterocycles. The second kappa shape index (κ2) is 35.2. The molecule has 5 aromatic carbocycles. The third kappa shape index (κ3) is 19.3. The zero-order valence-corrected chi connectivity index (χ0v) is 58.3. The Bertz CT molecular complexity index is 3660. The number of benzene rings is 5. The largest absolute Gasteiger partial charge is 0.649 e. The predicted octanol–water partition coefficient (Wildman–Crippen LogP) is 11.7. The zero-order chi connectivity index (χ0) is 60.0. The van der Waals surface area contributed by atoms with E-state index in [0.29, 0.717) is 30.5 Å². The molecule has 10 rings (SSSR count). The van der Waals surface area contributed by atoms with Gasteiger partial charge < -0.3 is 7.58 Å². The van der Waals surface area contributed by atoms with Gasteiger partial charge in [0.2, 0.25) is 0 Å². The van der Waals surface area contributed by atoms with Gasteiger partial charge in [-0.1, -0.05) is 45.7 Å². The van der Waals surface area contributed by atoms with E-state index in [0.717, 1.165) is 143 Å². The average Bonchev–Trinajstić information content (AvgIpc) is 4.55. The SMILES string of the molecule is CCCCc1ccn(-c2c(F)cc(F)cc2[O][AlH])n1.CCCc1ccn(-c2[c-]cc(F)cc2F)n1.CCc1ccn(-c2c(C)cccc2[O][InH])n1.CCc1ccn(-c2c(F)cc(F)cc2[O][AlH])n1.FCc1ccn(-c2ccccc2[S][AlH])n1.[Ir]. The van der Waals surface area contributed by atoms with Gasteiger partial charge in [0.05, 0.1) is 28.5 Å². The summed E-state index contributed by atoms with van der Waals surface area (Å²) in [5.41, 5.74) is 7.82. The smallest absolute Gasteiger partial charge is 0.494 e. The summed E-state index contributed by atoms with van der Waals surface area (Å²) in [5, 5.41) is 21.3. The Labute approximate surface area is 540 Å². The van der Waals surface area contributed by atoms with Gasteiger partial charge in [0, 0.05) is 85.7 Å². The monoisotopic (exact) mass is 1500 g/mol. The molecule has 13 nitrogen and oxygen atoms in total. The van der Waals surface area contributed by atoms with E-state index in [9.17, 15) is 30.7 Å². The van der Waals surface area contributed by atoms with Crippen molar-refractivity contribution in [3.05, 3.63) is 215 Å². The van der Waals surface area contributed by atoms with E-state index < -0.39 is 41.6 Å². The Balaban J connectivity index is 0.000000192. The van der Waals surface area contributed by atoms with Crippen molar-refractivity contribution in [1.82, 2.24) is 48.9 Å². The third-order valence-corrected chi connectivity index (χ3v) is 15.1. The van der Waals surface area contributed by atoms with E-state index in [1.54, 1.807) is 51.7 Å². The van der Waals surface area contributed by atoms with E-state index >= 15 is 0 Å². The Morgan fingerprint density at radius 3 is 1.52 bits per heavy atom. The van der Waals surface area contributed by atoms with Crippen LogP contribution in [0.3, 0.4) is 0 Å². The van der Waals surface area contributed by atoms with E-state index in [1.807, 2.05) is 94.5 Å². The van der Waals surface area contributed by atoms with Gasteiger partial charge in [0.25, 0.3) is 15.2 Å². The first-order chi connectivity index (χ1) is 40.1. The number of halogens is 7. The second-order valence-electron chi connectivity index (χ2n) is 17.9. The van der Waals surface area contributed by atoms with E-state index in [4.69, 9.17) is 10.4 Å². The Kier molecular flexibility index (Phi) is 29.1. The molecule has 84 heavy (non-hydrogen) atoms. The summed E-state index contributed by atoms with van der Waals surface area (Å²) in [7, 11) is 1.68. The fraction of sp³-hybridized carbons (Fsp3) is 0.224. The minimum absolute atomic E-state index is 0. The number of nitrogens with zero attached hydrogens (tertiary/aromatic N) is 10. The first kappa shape index (κ1) is 69.3. The van der Waals surface area contributed by atoms with Crippen LogP contribution in [-0.4, -0.2) is 122 Å². The van der Waals surface area contributed by atoms with Gasteiger partial charge in [0.15, 0.2) is 11.6 Å². The summed E-state index contributed by atoms with van der Waals surface area (Å²) >= 11 is 4.62. The summed E-state index contributed by atoms with van der Waals surface area (Å²) in [6.45, 7) is 9.76. The van der Waals surface area contributed by atoms with Gasteiger partial charge in [-0.05, 0) is 67.8 Å². The summed E-state index contributed by atoms with van der Waals surface area (Å²) in [6.07, 6.45) is 15.2. The van der Waals surface area contributed by atoms with Crippen molar-refractivity contribution >= 4 is 83.3 Å². The number of hydrogen-bond donors (Lipinski definition) is 0. The maximum Gasteiger partial charge on any atom is 0.494 e. The maximum absolute atomic E-state index is 13.9. The number of rotatable bonds is 17. The van der Waals surface area contributed by atoms with Gasteiger partial charge in [-0.3, -0.25) is 13.5 Å². The molecule has 10 aromatic rings. The number of para-hydroxylation sites is 2. The van der Waals surface area contributed by atoms with E-state index in [1.165, 1.54) is 36.2 Å². The molecule has 0 aliphatic rings. The van der Waals surface area contributed by atoms with Gasteiger partial charge in [-0.2, -0.15) is 26.5 Å². The number of aromatic nitrogens is 10. The Hall–Kier alpha value is -5.47. The molecule has 0 spiro atoms. The molecule has 5 heterocycles. The fourth-order valence-corrected chi connectivity index (χ4v) is 10.3. The summed E-state index contributed by atoms with van der Waals surface area (Å²) in [6, 6.07) is 31.6. The minimum atomic E-state index is -0.697. The average molecular weight is 1500 g/mol. The second-order valence-corrected chi connectivity index (χ2v) is 20.9. The molecule has 0 fully saturated rings. The molecule has 435 valence electrons. The van der Waals surface area contributed by atoms with Crippen LogP contribution in [0.5, 0.6) is 17.2 Å². The van der Waals surface area contributed by atoms with Crippen LogP contribution in [-0.2, 0) is 52.5 Å². The van der Waals surface area contributed by atoms with E-state index in [-0.39, 0.29) is 48.7 Å². The summed E-state index contributed by atoms with van der Waals surface area (Å²) in [5.74, 6) is -2.82. The van der Waals surface area contributed by atoms with Crippen LogP contribution in [0.2, 0.25) is 0 Å². The van der Waals surface area contributed by atoms with Crippen molar-refractivity contribution in [3.63, 3.8) is 0 Å². The Morgan fingerprint density at radius 2 is 1.02 bits per heavy atom. The molecule has 0 aliphatic carbocycles. The Morgan fingerprint density at radius 1 is 0.536 bits per heavy atom. The van der Waals surface area contributed by atoms with Crippen molar-refractivity contribution in [1.29, 1.82) is 0 Å². The van der Waals surface area contributed by atoms with Crippen molar-refractivity contribution in [2.45, 2.75) is 91.1 Å². The number of alkyl halides is 1. The fourth-order valence-electron chi connectivity index (χ4n) is 7.94. The predicted molar refractivity (Wildman–Crippen MR) is 314 cm³/mol. The van der Waals surface area contributed by atoms with E-state index in [2.05, 4.69) is 58.4 Å². The molecule has 0 atom stereocenters. The van der Waals surface area contributed by atoms with Crippen LogP contribution in [0.25, 0.3) is 28.4 Å². The molecular weight excluding hydrogens is 1440 g/mol. The summed E-state index contributed by atoms with van der Waals surface area (Å²) < 4.78 is 116. The molecule has 0 saturated heterocycles. The molecule has 5 radical (unpaired) electrons. The first-order valence-corrected chi connectivity index (χ1v) is 31.7. The van der Waals surface area contributed by atoms with Crippen LogP contribution >= 0.6 is 10.1 Å². The molecule has 0 amide bonds. The van der Waals surface area contributed by atoms with Crippen LogP contribution in [0.4, 0.5) is 30.7 Å². The summed E-state index contributed by atoms with van der Waals surface area (Å²) in [4.78, 5) is 1.14.